The zero-order valence-electron chi connectivity index (χ0n) is 7.18. The fourth-order valence-corrected chi connectivity index (χ4v) is 1.26. The Bertz CT molecular complexity index is 439. The van der Waals surface area contributed by atoms with Crippen molar-refractivity contribution in [3.05, 3.63) is 29.8 Å². The smallest absolute Gasteiger partial charge is 0.317 e. The molecule has 0 saturated carbocycles. The maximum Gasteiger partial charge on any atom is 0.333 e. The maximum atomic E-state index is 11.3. The van der Waals surface area contributed by atoms with Gasteiger partial charge < -0.3 is 5.73 Å². The van der Waals surface area contributed by atoms with Crippen LogP contribution in [0.3, 0.4) is 0 Å². The molecule has 1 amide bonds. The summed E-state index contributed by atoms with van der Waals surface area (Å²) in [5.41, 5.74) is 6.60. The Labute approximate surface area is 79.6 Å². The monoisotopic (exact) mass is 189 g/mol. The van der Waals surface area contributed by atoms with Gasteiger partial charge in [0.05, 0.1) is 5.69 Å². The molecular weight excluding hydrogens is 182 g/mol. The van der Waals surface area contributed by atoms with Crippen molar-refractivity contribution in [2.45, 2.75) is 6.04 Å². The van der Waals surface area contributed by atoms with E-state index in [0.717, 1.165) is 0 Å². The molecule has 1 heterocycles. The van der Waals surface area contributed by atoms with Crippen molar-refractivity contribution in [3.8, 4) is 0 Å². The van der Waals surface area contributed by atoms with Gasteiger partial charge in [0.25, 0.3) is 0 Å². The summed E-state index contributed by atoms with van der Waals surface area (Å²) in [6, 6.07) is 5.84. The van der Waals surface area contributed by atoms with Crippen molar-refractivity contribution >= 4 is 17.4 Å². The van der Waals surface area contributed by atoms with Crippen molar-refractivity contribution in [2.24, 2.45) is 16.0 Å². The molecule has 1 aromatic carbocycles. The number of carbonyl (C=O) groups excluding carboxylic acids is 2. The molecule has 0 saturated heterocycles. The number of ketones is 1. The van der Waals surface area contributed by atoms with E-state index in [0.29, 0.717) is 11.3 Å². The summed E-state index contributed by atoms with van der Waals surface area (Å²) in [5.74, 6) is -1.62. The third-order valence-electron chi connectivity index (χ3n) is 2.01. The Hall–Kier alpha value is -1.88. The number of carbonyl (C=O) groups is 2. The molecule has 0 aromatic heterocycles. The van der Waals surface area contributed by atoms with Gasteiger partial charge in [-0.1, -0.05) is 18.2 Å². The van der Waals surface area contributed by atoms with Crippen LogP contribution in [0.5, 0.6) is 0 Å². The first-order valence-corrected chi connectivity index (χ1v) is 4.04. The topological polar surface area (TPSA) is 84.9 Å². The number of rotatable bonds is 0. The standard InChI is InChI=1S/C9H7N3O2/c10-7-5-3-1-2-4-6(5)11-12-9(14)8(7)13/h1-4,7H,10H2. The summed E-state index contributed by atoms with van der Waals surface area (Å²) in [7, 11) is 0. The number of hydrogen-bond donors (Lipinski definition) is 1. The van der Waals surface area contributed by atoms with Gasteiger partial charge in [0.15, 0.2) is 0 Å². The fraction of sp³-hybridized carbons (Fsp3) is 0.111. The molecule has 1 unspecified atom stereocenters. The van der Waals surface area contributed by atoms with E-state index in [-0.39, 0.29) is 0 Å². The van der Waals surface area contributed by atoms with Crippen LogP contribution in [0.15, 0.2) is 34.5 Å². The molecule has 0 fully saturated rings. The number of nitrogens with zero attached hydrogens (tertiary/aromatic N) is 2. The number of hydrogen-bond acceptors (Lipinski definition) is 4. The summed E-state index contributed by atoms with van der Waals surface area (Å²) in [4.78, 5) is 22.3. The van der Waals surface area contributed by atoms with Gasteiger partial charge >= 0.3 is 5.91 Å². The number of Topliss-reactive ketones (excluding diaryl/α,β-unsaturated/α-hetero) is 1. The lowest BCUT2D eigenvalue weighted by Crippen LogP contribution is -2.26. The maximum absolute atomic E-state index is 11.3. The van der Waals surface area contributed by atoms with Crippen molar-refractivity contribution in [1.29, 1.82) is 0 Å². The second-order valence-electron chi connectivity index (χ2n) is 2.91. The number of benzene rings is 1. The summed E-state index contributed by atoms with van der Waals surface area (Å²) in [6.07, 6.45) is 0. The lowest BCUT2D eigenvalue weighted by Gasteiger charge is -2.06. The molecule has 0 radical (unpaired) electrons. The first kappa shape index (κ1) is 8.71. The Balaban J connectivity index is 2.60. The minimum absolute atomic E-state index is 0.471. The third kappa shape index (κ3) is 1.23. The molecule has 14 heavy (non-hydrogen) atoms. The van der Waals surface area contributed by atoms with E-state index in [1.54, 1.807) is 24.3 Å². The molecule has 0 spiro atoms. The Morgan fingerprint density at radius 2 is 1.86 bits per heavy atom. The van der Waals surface area contributed by atoms with E-state index < -0.39 is 17.7 Å². The molecule has 1 aliphatic rings. The first-order chi connectivity index (χ1) is 6.70. The van der Waals surface area contributed by atoms with Gasteiger partial charge in [-0.05, 0) is 6.07 Å². The van der Waals surface area contributed by atoms with Crippen molar-refractivity contribution < 1.29 is 9.59 Å². The van der Waals surface area contributed by atoms with Crippen LogP contribution >= 0.6 is 0 Å². The highest BCUT2D eigenvalue weighted by Gasteiger charge is 2.27. The van der Waals surface area contributed by atoms with Crippen LogP contribution in [-0.2, 0) is 9.59 Å². The quantitative estimate of drug-likeness (QED) is 0.614. The summed E-state index contributed by atoms with van der Waals surface area (Å²) >= 11 is 0. The molecule has 1 atom stereocenters. The van der Waals surface area contributed by atoms with E-state index in [9.17, 15) is 9.59 Å². The van der Waals surface area contributed by atoms with E-state index in [1.165, 1.54) is 0 Å². The van der Waals surface area contributed by atoms with Gasteiger partial charge in [0.2, 0.25) is 5.78 Å². The van der Waals surface area contributed by atoms with Crippen molar-refractivity contribution in [2.75, 3.05) is 0 Å². The zero-order chi connectivity index (χ0) is 10.1. The van der Waals surface area contributed by atoms with E-state index >= 15 is 0 Å². The van der Waals surface area contributed by atoms with Crippen LogP contribution in [0.25, 0.3) is 0 Å². The van der Waals surface area contributed by atoms with E-state index in [1.807, 2.05) is 0 Å². The Kier molecular flexibility index (Phi) is 1.94. The largest absolute Gasteiger partial charge is 0.333 e. The third-order valence-corrected chi connectivity index (χ3v) is 2.01. The van der Waals surface area contributed by atoms with Crippen molar-refractivity contribution in [3.63, 3.8) is 0 Å². The molecular formula is C9H7N3O2. The summed E-state index contributed by atoms with van der Waals surface area (Å²) < 4.78 is 0. The lowest BCUT2D eigenvalue weighted by atomic mass is 10.0. The average Bonchev–Trinajstić information content (AvgIpc) is 2.32. The van der Waals surface area contributed by atoms with Gasteiger partial charge in [0, 0.05) is 5.56 Å². The molecule has 0 bridgehead atoms. The molecule has 1 aromatic rings. The normalized spacial score (nSPS) is 20.5. The van der Waals surface area contributed by atoms with Crippen molar-refractivity contribution in [1.82, 2.24) is 0 Å². The minimum Gasteiger partial charge on any atom is -0.317 e. The van der Waals surface area contributed by atoms with Gasteiger partial charge in [-0.25, -0.2) is 0 Å². The predicted octanol–water partition coefficient (Wildman–Crippen LogP) is 0.879. The number of nitrogens with two attached hydrogens (primary N) is 1. The Morgan fingerprint density at radius 1 is 1.14 bits per heavy atom. The van der Waals surface area contributed by atoms with Gasteiger partial charge in [-0.2, -0.15) is 0 Å². The van der Waals surface area contributed by atoms with Gasteiger partial charge in [-0.3, -0.25) is 9.59 Å². The molecule has 5 heteroatoms. The SMILES string of the molecule is NC1C(=O)C(=O)N=Nc2ccccc21. The molecule has 2 rings (SSSR count). The van der Waals surface area contributed by atoms with Gasteiger partial charge in [-0.15, -0.1) is 10.2 Å². The van der Waals surface area contributed by atoms with Crippen LogP contribution in [0.4, 0.5) is 5.69 Å². The minimum atomic E-state index is -0.950. The van der Waals surface area contributed by atoms with E-state index in [4.69, 9.17) is 5.73 Å². The highest BCUT2D eigenvalue weighted by Crippen LogP contribution is 2.27. The molecule has 5 nitrogen and oxygen atoms in total. The van der Waals surface area contributed by atoms with Crippen LogP contribution in [0, 0.1) is 0 Å². The molecule has 2 N–H and O–H groups in total. The second-order valence-corrected chi connectivity index (χ2v) is 2.91. The number of fused-ring (bicyclic) bond motifs is 1. The van der Waals surface area contributed by atoms with Gasteiger partial charge in [0.1, 0.15) is 6.04 Å². The predicted molar refractivity (Wildman–Crippen MR) is 47.9 cm³/mol. The molecule has 0 aliphatic carbocycles. The fourth-order valence-electron chi connectivity index (χ4n) is 1.26. The summed E-state index contributed by atoms with van der Waals surface area (Å²) in [6.45, 7) is 0. The first-order valence-electron chi connectivity index (χ1n) is 4.04. The van der Waals surface area contributed by atoms with Crippen LogP contribution < -0.4 is 5.73 Å². The molecule has 70 valence electrons. The zero-order valence-corrected chi connectivity index (χ0v) is 7.18. The number of amides is 1. The second kappa shape index (κ2) is 3.12. The average molecular weight is 189 g/mol. The van der Waals surface area contributed by atoms with Crippen LogP contribution in [0.2, 0.25) is 0 Å². The molecule has 1 aliphatic heterocycles. The number of azo groups is 1. The van der Waals surface area contributed by atoms with Crippen LogP contribution in [-0.4, -0.2) is 11.7 Å². The van der Waals surface area contributed by atoms with E-state index in [2.05, 4.69) is 10.2 Å². The highest BCUT2D eigenvalue weighted by molar-refractivity contribution is 6.38. The lowest BCUT2D eigenvalue weighted by molar-refractivity contribution is -0.136. The van der Waals surface area contributed by atoms with Crippen LogP contribution in [0.1, 0.15) is 11.6 Å². The Morgan fingerprint density at radius 3 is 2.64 bits per heavy atom. The summed E-state index contributed by atoms with van der Waals surface area (Å²) in [5, 5.41) is 6.90. The highest BCUT2D eigenvalue weighted by atomic mass is 16.2.